The molecule has 28 heavy (non-hydrogen) atoms. The predicted molar refractivity (Wildman–Crippen MR) is 105 cm³/mol. The summed E-state index contributed by atoms with van der Waals surface area (Å²) in [5.41, 5.74) is 1.69. The zero-order chi connectivity index (χ0) is 19.8. The summed E-state index contributed by atoms with van der Waals surface area (Å²) in [6, 6.07) is 15.0. The summed E-state index contributed by atoms with van der Waals surface area (Å²) < 4.78 is 15.8. The van der Waals surface area contributed by atoms with Crippen LogP contribution in [0.15, 0.2) is 59.1 Å². The second-order valence-electron chi connectivity index (χ2n) is 5.90. The van der Waals surface area contributed by atoms with E-state index in [-0.39, 0.29) is 5.91 Å². The molecule has 3 rings (SSSR count). The van der Waals surface area contributed by atoms with Gasteiger partial charge in [-0.05, 0) is 23.8 Å². The molecule has 0 bridgehead atoms. The van der Waals surface area contributed by atoms with Gasteiger partial charge in [0.15, 0.2) is 0 Å². The molecule has 2 aromatic carbocycles. The normalized spacial score (nSPS) is 10.8. The van der Waals surface area contributed by atoms with Crippen LogP contribution in [0.3, 0.4) is 0 Å². The Hall–Kier alpha value is -3.61. The first kappa shape index (κ1) is 19.2. The summed E-state index contributed by atoms with van der Waals surface area (Å²) in [6.07, 6.45) is 3.69. The highest BCUT2D eigenvalue weighted by atomic mass is 16.5. The molecule has 0 fully saturated rings. The van der Waals surface area contributed by atoms with Crippen molar-refractivity contribution in [3.8, 4) is 22.9 Å². The van der Waals surface area contributed by atoms with E-state index >= 15 is 0 Å². The molecular formula is C21H21N3O4. The molecule has 0 saturated carbocycles. The van der Waals surface area contributed by atoms with E-state index in [4.69, 9.17) is 14.0 Å². The standard InChI is InChI=1S/C21H21N3O4/c1-26-17-12-16(13-18(14-17)27-2)21-23-20(28-24-21)10-11-22-19(25)9-8-15-6-4-3-5-7-15/h3-9,12-14H,10-11H2,1-2H3,(H,22,25)/b9-8+. The number of nitrogens with one attached hydrogen (secondary N) is 1. The lowest BCUT2D eigenvalue weighted by atomic mass is 10.2. The topological polar surface area (TPSA) is 86.5 Å². The number of hydrogen-bond acceptors (Lipinski definition) is 6. The molecule has 1 aromatic heterocycles. The number of amides is 1. The van der Waals surface area contributed by atoms with E-state index in [1.54, 1.807) is 38.5 Å². The highest BCUT2D eigenvalue weighted by molar-refractivity contribution is 5.91. The molecule has 0 unspecified atom stereocenters. The number of aromatic nitrogens is 2. The van der Waals surface area contributed by atoms with Gasteiger partial charge in [0.25, 0.3) is 0 Å². The Kier molecular flexibility index (Phi) is 6.41. The van der Waals surface area contributed by atoms with Crippen molar-refractivity contribution in [1.29, 1.82) is 0 Å². The van der Waals surface area contributed by atoms with Crippen LogP contribution in [0, 0.1) is 0 Å². The predicted octanol–water partition coefficient (Wildman–Crippen LogP) is 3.13. The molecule has 144 valence electrons. The SMILES string of the molecule is COc1cc(OC)cc(-c2noc(CCNC(=O)/C=C/c3ccccc3)n2)c1. The van der Waals surface area contributed by atoms with Crippen LogP contribution < -0.4 is 14.8 Å². The minimum absolute atomic E-state index is 0.180. The lowest BCUT2D eigenvalue weighted by molar-refractivity contribution is -0.116. The number of carbonyl (C=O) groups is 1. The van der Waals surface area contributed by atoms with Gasteiger partial charge in [-0.25, -0.2) is 0 Å². The first-order valence-corrected chi connectivity index (χ1v) is 8.75. The van der Waals surface area contributed by atoms with Crippen LogP contribution in [0.1, 0.15) is 11.5 Å². The number of nitrogens with zero attached hydrogens (tertiary/aromatic N) is 2. The highest BCUT2D eigenvalue weighted by Gasteiger charge is 2.11. The third-order valence-corrected chi connectivity index (χ3v) is 3.94. The maximum Gasteiger partial charge on any atom is 0.244 e. The summed E-state index contributed by atoms with van der Waals surface area (Å²) >= 11 is 0. The zero-order valence-electron chi connectivity index (χ0n) is 15.7. The second kappa shape index (κ2) is 9.36. The van der Waals surface area contributed by atoms with E-state index < -0.39 is 0 Å². The lowest BCUT2D eigenvalue weighted by Gasteiger charge is -2.05. The van der Waals surface area contributed by atoms with Crippen LogP contribution >= 0.6 is 0 Å². The van der Waals surface area contributed by atoms with Crippen molar-refractivity contribution in [2.75, 3.05) is 20.8 Å². The van der Waals surface area contributed by atoms with Crippen molar-refractivity contribution in [3.05, 3.63) is 66.1 Å². The van der Waals surface area contributed by atoms with Crippen molar-refractivity contribution >= 4 is 12.0 Å². The van der Waals surface area contributed by atoms with Crippen LogP contribution in [0.5, 0.6) is 11.5 Å². The third kappa shape index (κ3) is 5.20. The monoisotopic (exact) mass is 379 g/mol. The molecule has 0 saturated heterocycles. The fraction of sp³-hybridized carbons (Fsp3) is 0.190. The number of benzene rings is 2. The highest BCUT2D eigenvalue weighted by Crippen LogP contribution is 2.28. The van der Waals surface area contributed by atoms with Gasteiger partial charge in [0.05, 0.1) is 14.2 Å². The molecular weight excluding hydrogens is 358 g/mol. The molecule has 3 aromatic rings. The molecule has 0 radical (unpaired) electrons. The Morgan fingerprint density at radius 3 is 2.50 bits per heavy atom. The van der Waals surface area contributed by atoms with Crippen LogP contribution in [0.4, 0.5) is 0 Å². The van der Waals surface area contributed by atoms with E-state index in [1.807, 2.05) is 30.3 Å². The van der Waals surface area contributed by atoms with Crippen LogP contribution in [0.2, 0.25) is 0 Å². The number of ether oxygens (including phenoxy) is 2. The second-order valence-corrected chi connectivity index (χ2v) is 5.90. The largest absolute Gasteiger partial charge is 0.497 e. The minimum Gasteiger partial charge on any atom is -0.497 e. The summed E-state index contributed by atoms with van der Waals surface area (Å²) in [7, 11) is 3.16. The molecule has 1 N–H and O–H groups in total. The quantitative estimate of drug-likeness (QED) is 0.605. The molecule has 0 aliphatic carbocycles. The Morgan fingerprint density at radius 1 is 1.11 bits per heavy atom. The Morgan fingerprint density at radius 2 is 1.82 bits per heavy atom. The van der Waals surface area contributed by atoms with Gasteiger partial charge in [-0.1, -0.05) is 35.5 Å². The van der Waals surface area contributed by atoms with Gasteiger partial charge >= 0.3 is 0 Å². The van der Waals surface area contributed by atoms with Gasteiger partial charge in [-0.2, -0.15) is 4.98 Å². The van der Waals surface area contributed by atoms with Gasteiger partial charge < -0.3 is 19.3 Å². The summed E-state index contributed by atoms with van der Waals surface area (Å²) in [5, 5.41) is 6.78. The molecule has 1 amide bonds. The molecule has 7 nitrogen and oxygen atoms in total. The third-order valence-electron chi connectivity index (χ3n) is 3.94. The van der Waals surface area contributed by atoms with Crippen LogP contribution in [-0.2, 0) is 11.2 Å². The molecule has 0 spiro atoms. The maximum absolute atomic E-state index is 11.9. The first-order chi connectivity index (χ1) is 13.7. The van der Waals surface area contributed by atoms with Crippen LogP contribution in [0.25, 0.3) is 17.5 Å². The lowest BCUT2D eigenvalue weighted by Crippen LogP contribution is -2.23. The number of hydrogen-bond donors (Lipinski definition) is 1. The van der Waals surface area contributed by atoms with Crippen LogP contribution in [-0.4, -0.2) is 36.8 Å². The fourth-order valence-corrected chi connectivity index (χ4v) is 2.50. The molecule has 1 heterocycles. The minimum atomic E-state index is -0.180. The van der Waals surface area contributed by atoms with Crippen molar-refractivity contribution in [2.24, 2.45) is 0 Å². The first-order valence-electron chi connectivity index (χ1n) is 8.75. The van der Waals surface area contributed by atoms with Crippen molar-refractivity contribution in [3.63, 3.8) is 0 Å². The summed E-state index contributed by atoms with van der Waals surface area (Å²) in [5.74, 6) is 1.96. The van der Waals surface area contributed by atoms with Gasteiger partial charge in [0, 0.05) is 30.7 Å². The Bertz CT molecular complexity index is 929. The van der Waals surface area contributed by atoms with Gasteiger partial charge in [-0.3, -0.25) is 4.79 Å². The van der Waals surface area contributed by atoms with Crippen molar-refractivity contribution < 1.29 is 18.8 Å². The molecule has 0 aliphatic rings. The van der Waals surface area contributed by atoms with E-state index in [1.165, 1.54) is 6.08 Å². The average molecular weight is 379 g/mol. The van der Waals surface area contributed by atoms with E-state index in [2.05, 4.69) is 15.5 Å². The zero-order valence-corrected chi connectivity index (χ0v) is 15.7. The van der Waals surface area contributed by atoms with Crippen molar-refractivity contribution in [1.82, 2.24) is 15.5 Å². The number of methoxy groups -OCH3 is 2. The van der Waals surface area contributed by atoms with Gasteiger partial charge in [-0.15, -0.1) is 0 Å². The molecule has 0 atom stereocenters. The summed E-state index contributed by atoms with van der Waals surface area (Å²) in [6.45, 7) is 0.390. The fourth-order valence-electron chi connectivity index (χ4n) is 2.50. The molecule has 0 aliphatic heterocycles. The average Bonchev–Trinajstić information content (AvgIpc) is 3.21. The van der Waals surface area contributed by atoms with Gasteiger partial charge in [0.1, 0.15) is 11.5 Å². The maximum atomic E-state index is 11.9. The number of carbonyl (C=O) groups excluding carboxylic acids is 1. The van der Waals surface area contributed by atoms with E-state index in [0.29, 0.717) is 36.2 Å². The summed E-state index contributed by atoms with van der Waals surface area (Å²) in [4.78, 5) is 16.2. The van der Waals surface area contributed by atoms with Crippen molar-refractivity contribution in [2.45, 2.75) is 6.42 Å². The Labute approximate surface area is 163 Å². The smallest absolute Gasteiger partial charge is 0.244 e. The Balaban J connectivity index is 1.55. The van der Waals surface area contributed by atoms with Gasteiger partial charge in [0.2, 0.25) is 17.6 Å². The molecule has 7 heteroatoms. The van der Waals surface area contributed by atoms with E-state index in [0.717, 1.165) is 11.1 Å². The number of rotatable bonds is 8. The van der Waals surface area contributed by atoms with E-state index in [9.17, 15) is 4.79 Å².